The molecule has 188 valence electrons. The number of aromatic nitrogens is 3. The molecule has 0 aliphatic rings. The van der Waals surface area contributed by atoms with Crippen LogP contribution in [-0.4, -0.2) is 55.2 Å². The first-order valence-electron chi connectivity index (χ1n) is 10.9. The van der Waals surface area contributed by atoms with Crippen LogP contribution in [0.1, 0.15) is 5.76 Å². The Balaban J connectivity index is 1.50. The van der Waals surface area contributed by atoms with E-state index < -0.39 is 10.0 Å². The first-order valence-corrected chi connectivity index (χ1v) is 13.8. The maximum absolute atomic E-state index is 12.6. The zero-order chi connectivity index (χ0) is 25.7. The SMILES string of the molecule is CN(C)c1ccc(NC(=O)CSc2nnc(-c3ccc(NS(C)(=O)=O)cc3)n2Cc2ccco2)cc1. The quantitative estimate of drug-likeness (QED) is 0.300. The van der Waals surface area contributed by atoms with Crippen molar-refractivity contribution in [3.05, 3.63) is 72.7 Å². The molecule has 0 unspecified atom stereocenters. The minimum absolute atomic E-state index is 0.142. The monoisotopic (exact) mass is 526 g/mol. The lowest BCUT2D eigenvalue weighted by molar-refractivity contribution is -0.113. The van der Waals surface area contributed by atoms with E-state index in [1.165, 1.54) is 11.8 Å². The number of furan rings is 1. The summed E-state index contributed by atoms with van der Waals surface area (Å²) in [4.78, 5) is 14.6. The van der Waals surface area contributed by atoms with Crippen LogP contribution in [0.25, 0.3) is 11.4 Å². The average molecular weight is 527 g/mol. The van der Waals surface area contributed by atoms with Crippen molar-refractivity contribution in [1.29, 1.82) is 0 Å². The molecule has 0 radical (unpaired) electrons. The molecule has 0 fully saturated rings. The molecule has 1 amide bonds. The van der Waals surface area contributed by atoms with Gasteiger partial charge in [0.2, 0.25) is 15.9 Å². The summed E-state index contributed by atoms with van der Waals surface area (Å²) < 4.78 is 32.8. The molecule has 12 heteroatoms. The van der Waals surface area contributed by atoms with Crippen molar-refractivity contribution in [1.82, 2.24) is 14.8 Å². The number of nitrogens with one attached hydrogen (secondary N) is 2. The molecule has 4 rings (SSSR count). The standard InChI is InChI=1S/C24H26N6O4S2/c1-29(2)20-12-10-18(11-13-20)25-22(31)16-35-24-27-26-23(30(24)15-21-5-4-14-34-21)17-6-8-19(9-7-17)28-36(3,32)33/h4-14,28H,15-16H2,1-3H3,(H,25,31). The molecule has 0 aliphatic heterocycles. The highest BCUT2D eigenvalue weighted by molar-refractivity contribution is 7.99. The van der Waals surface area contributed by atoms with Crippen LogP contribution in [0, 0.1) is 0 Å². The highest BCUT2D eigenvalue weighted by atomic mass is 32.2. The van der Waals surface area contributed by atoms with Crippen LogP contribution in [0.5, 0.6) is 0 Å². The third-order valence-electron chi connectivity index (χ3n) is 5.06. The first kappa shape index (κ1) is 25.3. The van der Waals surface area contributed by atoms with Crippen LogP contribution in [-0.2, 0) is 21.4 Å². The van der Waals surface area contributed by atoms with E-state index in [4.69, 9.17) is 4.42 Å². The number of thioether (sulfide) groups is 1. The highest BCUT2D eigenvalue weighted by Crippen LogP contribution is 2.27. The Morgan fingerprint density at radius 2 is 1.72 bits per heavy atom. The summed E-state index contributed by atoms with van der Waals surface area (Å²) in [6.07, 6.45) is 2.69. The van der Waals surface area contributed by atoms with Crippen LogP contribution < -0.4 is 14.9 Å². The summed E-state index contributed by atoms with van der Waals surface area (Å²) in [7, 11) is 0.537. The lowest BCUT2D eigenvalue weighted by Crippen LogP contribution is -2.15. The molecule has 0 aliphatic carbocycles. The van der Waals surface area contributed by atoms with Crippen molar-refractivity contribution in [2.75, 3.05) is 41.0 Å². The van der Waals surface area contributed by atoms with E-state index in [0.29, 0.717) is 34.7 Å². The largest absolute Gasteiger partial charge is 0.467 e. The van der Waals surface area contributed by atoms with Gasteiger partial charge in [-0.25, -0.2) is 8.42 Å². The Kier molecular flexibility index (Phi) is 7.65. The fourth-order valence-electron chi connectivity index (χ4n) is 3.38. The molecular formula is C24H26N6O4S2. The molecule has 10 nitrogen and oxygen atoms in total. The summed E-state index contributed by atoms with van der Waals surface area (Å²) in [5.41, 5.74) is 2.95. The average Bonchev–Trinajstić information content (AvgIpc) is 3.48. The number of rotatable bonds is 10. The summed E-state index contributed by atoms with van der Waals surface area (Å²) in [5.74, 6) is 1.25. The predicted octanol–water partition coefficient (Wildman–Crippen LogP) is 3.75. The minimum Gasteiger partial charge on any atom is -0.467 e. The zero-order valence-corrected chi connectivity index (χ0v) is 21.6. The van der Waals surface area contributed by atoms with E-state index in [1.54, 1.807) is 36.6 Å². The molecule has 0 bridgehead atoms. The third-order valence-corrected chi connectivity index (χ3v) is 6.63. The summed E-state index contributed by atoms with van der Waals surface area (Å²) in [6, 6.07) is 18.1. The number of nitrogens with zero attached hydrogens (tertiary/aromatic N) is 4. The highest BCUT2D eigenvalue weighted by Gasteiger charge is 2.17. The molecule has 0 atom stereocenters. The topological polar surface area (TPSA) is 122 Å². The molecule has 2 aromatic heterocycles. The number of benzene rings is 2. The zero-order valence-electron chi connectivity index (χ0n) is 20.0. The first-order chi connectivity index (χ1) is 17.2. The van der Waals surface area contributed by atoms with Crippen LogP contribution in [0.3, 0.4) is 0 Å². The molecular weight excluding hydrogens is 500 g/mol. The van der Waals surface area contributed by atoms with E-state index in [9.17, 15) is 13.2 Å². The molecule has 4 aromatic rings. The number of hydrogen-bond acceptors (Lipinski definition) is 8. The summed E-state index contributed by atoms with van der Waals surface area (Å²) >= 11 is 1.27. The molecule has 2 N–H and O–H groups in total. The molecule has 2 heterocycles. The van der Waals surface area contributed by atoms with E-state index in [2.05, 4.69) is 20.2 Å². The van der Waals surface area contributed by atoms with Gasteiger partial charge in [0, 0.05) is 36.7 Å². The Morgan fingerprint density at radius 1 is 1.03 bits per heavy atom. The van der Waals surface area contributed by atoms with Crippen LogP contribution in [0.2, 0.25) is 0 Å². The summed E-state index contributed by atoms with van der Waals surface area (Å²) in [6.45, 7) is 0.370. The Hall–Kier alpha value is -3.77. The Bertz CT molecular complexity index is 1410. The number of carbonyl (C=O) groups excluding carboxylic acids is 1. The van der Waals surface area contributed by atoms with Crippen LogP contribution in [0.4, 0.5) is 17.1 Å². The van der Waals surface area contributed by atoms with E-state index in [1.807, 2.05) is 53.9 Å². The molecule has 0 saturated heterocycles. The lowest BCUT2D eigenvalue weighted by Gasteiger charge is -2.13. The second-order valence-corrected chi connectivity index (χ2v) is 10.9. The second-order valence-electron chi connectivity index (χ2n) is 8.20. The van der Waals surface area contributed by atoms with Crippen molar-refractivity contribution in [3.8, 4) is 11.4 Å². The van der Waals surface area contributed by atoms with E-state index in [0.717, 1.165) is 17.5 Å². The molecule has 36 heavy (non-hydrogen) atoms. The van der Waals surface area contributed by atoms with Gasteiger partial charge in [0.25, 0.3) is 0 Å². The van der Waals surface area contributed by atoms with Gasteiger partial charge in [0.05, 0.1) is 24.8 Å². The number of sulfonamides is 1. The smallest absolute Gasteiger partial charge is 0.234 e. The Morgan fingerprint density at radius 3 is 2.33 bits per heavy atom. The van der Waals surface area contributed by atoms with Gasteiger partial charge in [0.1, 0.15) is 5.76 Å². The maximum atomic E-state index is 12.6. The fourth-order valence-corrected chi connectivity index (χ4v) is 4.68. The number of anilines is 3. The molecule has 0 saturated carbocycles. The van der Waals surface area contributed by atoms with E-state index in [-0.39, 0.29) is 11.7 Å². The number of carbonyl (C=O) groups is 1. The van der Waals surface area contributed by atoms with Crippen molar-refractivity contribution < 1.29 is 17.6 Å². The fraction of sp³-hybridized carbons (Fsp3) is 0.208. The van der Waals surface area contributed by atoms with Gasteiger partial charge in [-0.1, -0.05) is 11.8 Å². The van der Waals surface area contributed by atoms with Gasteiger partial charge in [-0.05, 0) is 60.7 Å². The minimum atomic E-state index is -3.38. The number of hydrogen-bond donors (Lipinski definition) is 2. The maximum Gasteiger partial charge on any atom is 0.234 e. The number of amides is 1. The van der Waals surface area contributed by atoms with Gasteiger partial charge in [-0.15, -0.1) is 10.2 Å². The van der Waals surface area contributed by atoms with Crippen molar-refractivity contribution in [2.45, 2.75) is 11.7 Å². The van der Waals surface area contributed by atoms with Crippen LogP contribution >= 0.6 is 11.8 Å². The second kappa shape index (κ2) is 10.9. The normalized spacial score (nSPS) is 11.3. The van der Waals surface area contributed by atoms with Crippen molar-refractivity contribution in [3.63, 3.8) is 0 Å². The molecule has 0 spiro atoms. The van der Waals surface area contributed by atoms with E-state index >= 15 is 0 Å². The lowest BCUT2D eigenvalue weighted by atomic mass is 10.2. The van der Waals surface area contributed by atoms with Gasteiger partial charge < -0.3 is 14.6 Å². The van der Waals surface area contributed by atoms with Gasteiger partial charge in [-0.2, -0.15) is 0 Å². The molecule has 2 aromatic carbocycles. The van der Waals surface area contributed by atoms with Gasteiger partial charge in [-0.3, -0.25) is 14.1 Å². The van der Waals surface area contributed by atoms with Gasteiger partial charge >= 0.3 is 0 Å². The van der Waals surface area contributed by atoms with Crippen molar-refractivity contribution >= 4 is 44.8 Å². The van der Waals surface area contributed by atoms with Gasteiger partial charge in [0.15, 0.2) is 11.0 Å². The Labute approximate surface area is 213 Å². The van der Waals surface area contributed by atoms with Crippen LogP contribution in [0.15, 0.2) is 76.5 Å². The predicted molar refractivity (Wildman–Crippen MR) is 142 cm³/mol. The third kappa shape index (κ3) is 6.67. The summed E-state index contributed by atoms with van der Waals surface area (Å²) in [5, 5.41) is 12.1. The van der Waals surface area contributed by atoms with Crippen molar-refractivity contribution in [2.24, 2.45) is 0 Å².